The summed E-state index contributed by atoms with van der Waals surface area (Å²) in [5.74, 6) is 0.778. The van der Waals surface area contributed by atoms with Crippen molar-refractivity contribution in [3.8, 4) is 0 Å². The first-order chi connectivity index (χ1) is 7.36. The van der Waals surface area contributed by atoms with Gasteiger partial charge in [0.25, 0.3) is 0 Å². The van der Waals surface area contributed by atoms with Gasteiger partial charge in [-0.25, -0.2) is 0 Å². The molecule has 0 radical (unpaired) electrons. The minimum absolute atomic E-state index is 0.721. The Morgan fingerprint density at radius 2 is 2.20 bits per heavy atom. The van der Waals surface area contributed by atoms with E-state index in [4.69, 9.17) is 0 Å². The van der Waals surface area contributed by atoms with Crippen LogP contribution in [0, 0.1) is 6.92 Å². The largest absolute Gasteiger partial charge is 0.364 e. The second-order valence-corrected chi connectivity index (χ2v) is 3.26. The lowest BCUT2D eigenvalue weighted by molar-refractivity contribution is 0.990. The quantitative estimate of drug-likeness (QED) is 0.820. The monoisotopic (exact) mass is 200 g/mol. The van der Waals surface area contributed by atoms with Crippen LogP contribution >= 0.6 is 0 Å². The topological polar surface area (TPSA) is 50.7 Å². The lowest BCUT2D eigenvalue weighted by Crippen LogP contribution is -2.03. The average molecular weight is 200 g/mol. The number of nitrogens with zero attached hydrogens (tertiary/aromatic N) is 3. The molecular weight excluding hydrogens is 188 g/mol. The van der Waals surface area contributed by atoms with Gasteiger partial charge in [0.1, 0.15) is 5.82 Å². The summed E-state index contributed by atoms with van der Waals surface area (Å²) in [6.45, 7) is 2.79. The van der Waals surface area contributed by atoms with Gasteiger partial charge in [0.05, 0.1) is 0 Å². The summed E-state index contributed by atoms with van der Waals surface area (Å²) in [4.78, 5) is 4.08. The number of anilines is 1. The highest BCUT2D eigenvalue weighted by atomic mass is 15.2. The number of rotatable bonds is 3. The van der Waals surface area contributed by atoms with Gasteiger partial charge in [-0.05, 0) is 36.2 Å². The normalized spacial score (nSPS) is 9.93. The van der Waals surface area contributed by atoms with Gasteiger partial charge in [-0.15, -0.1) is 5.10 Å². The molecular formula is C11H12N4. The SMILES string of the molecule is Cc1ccncc1CNc1cccnn1. The Labute approximate surface area is 88.4 Å². The van der Waals surface area contributed by atoms with Crippen LogP contribution in [0.1, 0.15) is 11.1 Å². The number of aromatic nitrogens is 3. The first-order valence-electron chi connectivity index (χ1n) is 4.77. The molecule has 4 heteroatoms. The van der Waals surface area contributed by atoms with Crippen LogP contribution in [0.5, 0.6) is 0 Å². The van der Waals surface area contributed by atoms with Gasteiger partial charge in [-0.2, -0.15) is 5.10 Å². The fraction of sp³-hybridized carbons (Fsp3) is 0.182. The van der Waals surface area contributed by atoms with E-state index >= 15 is 0 Å². The Morgan fingerprint density at radius 1 is 1.27 bits per heavy atom. The fourth-order valence-electron chi connectivity index (χ4n) is 1.26. The molecule has 2 aromatic rings. The van der Waals surface area contributed by atoms with Crippen molar-refractivity contribution in [3.05, 3.63) is 47.9 Å². The third-order valence-electron chi connectivity index (χ3n) is 2.18. The van der Waals surface area contributed by atoms with Crippen LogP contribution in [0.4, 0.5) is 5.82 Å². The van der Waals surface area contributed by atoms with Gasteiger partial charge < -0.3 is 5.32 Å². The molecule has 2 aromatic heterocycles. The first kappa shape index (κ1) is 9.58. The predicted octanol–water partition coefficient (Wildman–Crippen LogP) is 1.79. The van der Waals surface area contributed by atoms with Crippen LogP contribution in [-0.2, 0) is 6.54 Å². The molecule has 15 heavy (non-hydrogen) atoms. The van der Waals surface area contributed by atoms with Crippen molar-refractivity contribution in [1.29, 1.82) is 0 Å². The molecule has 2 heterocycles. The molecule has 0 saturated carbocycles. The molecule has 0 bridgehead atoms. The summed E-state index contributed by atoms with van der Waals surface area (Å²) >= 11 is 0. The Morgan fingerprint density at radius 3 is 2.93 bits per heavy atom. The smallest absolute Gasteiger partial charge is 0.148 e. The van der Waals surface area contributed by atoms with E-state index < -0.39 is 0 Å². The second kappa shape index (κ2) is 4.50. The number of aryl methyl sites for hydroxylation is 1. The lowest BCUT2D eigenvalue weighted by atomic mass is 10.1. The Hall–Kier alpha value is -1.97. The van der Waals surface area contributed by atoms with E-state index in [1.54, 1.807) is 12.4 Å². The second-order valence-electron chi connectivity index (χ2n) is 3.26. The zero-order valence-electron chi connectivity index (χ0n) is 8.51. The first-order valence-corrected chi connectivity index (χ1v) is 4.77. The molecule has 0 fully saturated rings. The van der Waals surface area contributed by atoms with Crippen LogP contribution in [0.25, 0.3) is 0 Å². The maximum Gasteiger partial charge on any atom is 0.148 e. The maximum absolute atomic E-state index is 4.08. The third-order valence-corrected chi connectivity index (χ3v) is 2.18. The molecule has 0 aromatic carbocycles. The summed E-state index contributed by atoms with van der Waals surface area (Å²) in [6, 6.07) is 5.73. The van der Waals surface area contributed by atoms with E-state index in [2.05, 4.69) is 27.4 Å². The Bertz CT molecular complexity index is 428. The minimum Gasteiger partial charge on any atom is -0.364 e. The highest BCUT2D eigenvalue weighted by molar-refractivity contribution is 5.34. The summed E-state index contributed by atoms with van der Waals surface area (Å²) in [7, 11) is 0. The molecule has 0 aliphatic carbocycles. The van der Waals surface area contributed by atoms with Crippen molar-refractivity contribution in [3.63, 3.8) is 0 Å². The van der Waals surface area contributed by atoms with Gasteiger partial charge in [-0.1, -0.05) is 0 Å². The summed E-state index contributed by atoms with van der Waals surface area (Å²) in [5.41, 5.74) is 2.39. The molecule has 2 rings (SSSR count). The average Bonchev–Trinajstić information content (AvgIpc) is 2.29. The van der Waals surface area contributed by atoms with E-state index in [0.717, 1.165) is 12.4 Å². The molecule has 4 nitrogen and oxygen atoms in total. The summed E-state index contributed by atoms with van der Waals surface area (Å²) < 4.78 is 0. The van der Waals surface area contributed by atoms with E-state index in [9.17, 15) is 0 Å². The van der Waals surface area contributed by atoms with Crippen molar-refractivity contribution in [2.75, 3.05) is 5.32 Å². The van der Waals surface area contributed by atoms with Crippen LogP contribution in [0.2, 0.25) is 0 Å². The predicted molar refractivity (Wildman–Crippen MR) is 58.3 cm³/mol. The number of nitrogens with one attached hydrogen (secondary N) is 1. The molecule has 0 unspecified atom stereocenters. The molecule has 1 N–H and O–H groups in total. The van der Waals surface area contributed by atoms with E-state index in [1.807, 2.05) is 24.4 Å². The van der Waals surface area contributed by atoms with Crippen molar-refractivity contribution in [1.82, 2.24) is 15.2 Å². The van der Waals surface area contributed by atoms with Gasteiger partial charge >= 0.3 is 0 Å². The molecule has 0 amide bonds. The Balaban J connectivity index is 2.03. The zero-order chi connectivity index (χ0) is 10.5. The van der Waals surface area contributed by atoms with E-state index in [1.165, 1.54) is 11.1 Å². The highest BCUT2D eigenvalue weighted by Gasteiger charge is 1.97. The van der Waals surface area contributed by atoms with Gasteiger partial charge in [-0.3, -0.25) is 4.98 Å². The van der Waals surface area contributed by atoms with Crippen LogP contribution in [-0.4, -0.2) is 15.2 Å². The highest BCUT2D eigenvalue weighted by Crippen LogP contribution is 2.07. The van der Waals surface area contributed by atoms with Crippen molar-refractivity contribution >= 4 is 5.82 Å². The molecule has 0 aliphatic heterocycles. The van der Waals surface area contributed by atoms with Crippen LogP contribution in [0.3, 0.4) is 0 Å². The molecule has 0 aliphatic rings. The maximum atomic E-state index is 4.08. The summed E-state index contributed by atoms with van der Waals surface area (Å²) in [6.07, 6.45) is 5.31. The zero-order valence-corrected chi connectivity index (χ0v) is 8.51. The minimum atomic E-state index is 0.721. The fourth-order valence-corrected chi connectivity index (χ4v) is 1.26. The van der Waals surface area contributed by atoms with Crippen LogP contribution in [0.15, 0.2) is 36.8 Å². The van der Waals surface area contributed by atoms with Crippen molar-refractivity contribution in [2.24, 2.45) is 0 Å². The molecule has 0 saturated heterocycles. The Kier molecular flexibility index (Phi) is 2.88. The lowest BCUT2D eigenvalue weighted by Gasteiger charge is -2.06. The van der Waals surface area contributed by atoms with E-state index in [-0.39, 0.29) is 0 Å². The molecule has 0 spiro atoms. The molecule has 0 atom stereocenters. The number of hydrogen-bond acceptors (Lipinski definition) is 4. The summed E-state index contributed by atoms with van der Waals surface area (Å²) in [5, 5.41) is 10.9. The van der Waals surface area contributed by atoms with Gasteiger partial charge in [0.15, 0.2) is 0 Å². The van der Waals surface area contributed by atoms with Gasteiger partial charge in [0.2, 0.25) is 0 Å². The molecule has 76 valence electrons. The number of hydrogen-bond donors (Lipinski definition) is 1. The standard InChI is InChI=1S/C11H12N4/c1-9-4-6-12-7-10(9)8-13-11-3-2-5-14-15-11/h2-7H,8H2,1H3,(H,13,15). The van der Waals surface area contributed by atoms with Gasteiger partial charge in [0, 0.05) is 25.1 Å². The number of pyridine rings is 1. The van der Waals surface area contributed by atoms with Crippen LogP contribution < -0.4 is 5.32 Å². The van der Waals surface area contributed by atoms with Crippen molar-refractivity contribution in [2.45, 2.75) is 13.5 Å². The third kappa shape index (κ3) is 2.49. The van der Waals surface area contributed by atoms with E-state index in [0.29, 0.717) is 0 Å². The van der Waals surface area contributed by atoms with Crippen molar-refractivity contribution < 1.29 is 0 Å².